The zero-order valence-corrected chi connectivity index (χ0v) is 5.83. The van der Waals surface area contributed by atoms with Crippen LogP contribution in [0.15, 0.2) is 22.5 Å². The van der Waals surface area contributed by atoms with Gasteiger partial charge in [0, 0.05) is 13.2 Å². The Kier molecular flexibility index (Phi) is 1.99. The summed E-state index contributed by atoms with van der Waals surface area (Å²) in [7, 11) is 1.63. The van der Waals surface area contributed by atoms with Crippen LogP contribution in [0, 0.1) is 0 Å². The first-order valence-electron chi connectivity index (χ1n) is 2.96. The molecule has 0 aliphatic carbocycles. The first kappa shape index (κ1) is 6.74. The van der Waals surface area contributed by atoms with Gasteiger partial charge in [-0.1, -0.05) is 6.58 Å². The molecule has 0 saturated heterocycles. The molecule has 0 amide bonds. The summed E-state index contributed by atoms with van der Waals surface area (Å²) in [6.07, 6.45) is 3.46. The Balaban J connectivity index is 3.16. The maximum Gasteiger partial charge on any atom is 0.0732 e. The molecule has 1 heterocycles. The molecule has 52 valence electrons. The third-order valence-electron chi connectivity index (χ3n) is 1.17. The van der Waals surface area contributed by atoms with Gasteiger partial charge in [0.1, 0.15) is 0 Å². The second-order valence-corrected chi connectivity index (χ2v) is 1.86. The molecular formula is C7H9N3. The molecule has 10 heavy (non-hydrogen) atoms. The van der Waals surface area contributed by atoms with Crippen molar-refractivity contribution in [2.45, 2.75) is 0 Å². The molecule has 3 heteroatoms. The molecule has 0 spiro atoms. The summed E-state index contributed by atoms with van der Waals surface area (Å²) in [4.78, 5) is 2.97. The fraction of sp³-hybridized carbons (Fsp3) is 0.143. The van der Waals surface area contributed by atoms with Crippen molar-refractivity contribution >= 4 is 12.8 Å². The largest absolute Gasteiger partial charge is 0.360 e. The molecule has 1 aromatic heterocycles. The van der Waals surface area contributed by atoms with Crippen molar-refractivity contribution < 1.29 is 0 Å². The van der Waals surface area contributed by atoms with Crippen LogP contribution in [0.1, 0.15) is 0 Å². The highest BCUT2D eigenvalue weighted by Crippen LogP contribution is 1.68. The standard InChI is InChI=1S/C7H9N3/c1-6-3-4-9-7(6)5-10-8-2/h3-5,9H,1H2,2H3/b7-5+,10-8-. The monoisotopic (exact) mass is 135 g/mol. The third kappa shape index (κ3) is 1.31. The molecular weight excluding hydrogens is 126 g/mol. The maximum atomic E-state index is 3.77. The molecule has 0 aliphatic heterocycles. The van der Waals surface area contributed by atoms with E-state index in [9.17, 15) is 0 Å². The van der Waals surface area contributed by atoms with E-state index in [0.29, 0.717) is 0 Å². The van der Waals surface area contributed by atoms with Crippen molar-refractivity contribution in [3.63, 3.8) is 0 Å². The van der Waals surface area contributed by atoms with Gasteiger partial charge in [-0.3, -0.25) is 0 Å². The minimum absolute atomic E-state index is 0.908. The lowest BCUT2D eigenvalue weighted by Gasteiger charge is -1.72. The Morgan fingerprint density at radius 3 is 3.00 bits per heavy atom. The summed E-state index contributed by atoms with van der Waals surface area (Å²) in [5.41, 5.74) is 0. The van der Waals surface area contributed by atoms with Crippen molar-refractivity contribution in [3.05, 3.63) is 22.8 Å². The van der Waals surface area contributed by atoms with Gasteiger partial charge in [-0.25, -0.2) is 0 Å². The highest BCUT2D eigenvalue weighted by molar-refractivity contribution is 5.19. The van der Waals surface area contributed by atoms with Gasteiger partial charge in [-0.05, 0) is 11.3 Å². The summed E-state index contributed by atoms with van der Waals surface area (Å²) in [6, 6.07) is 1.89. The lowest BCUT2D eigenvalue weighted by Crippen LogP contribution is -2.19. The molecule has 1 rings (SSSR count). The number of nitrogens with one attached hydrogen (secondary N) is 1. The molecule has 0 unspecified atom stereocenters. The molecule has 1 N–H and O–H groups in total. The Bertz CT molecular complexity index is 321. The fourth-order valence-electron chi connectivity index (χ4n) is 0.650. The maximum absolute atomic E-state index is 3.77. The van der Waals surface area contributed by atoms with E-state index in [1.165, 1.54) is 0 Å². The Labute approximate surface area is 58.8 Å². The lowest BCUT2D eigenvalue weighted by atomic mass is 10.5. The second kappa shape index (κ2) is 2.96. The van der Waals surface area contributed by atoms with Crippen LogP contribution in [0.2, 0.25) is 0 Å². The number of hydrogen-bond donors (Lipinski definition) is 1. The van der Waals surface area contributed by atoms with E-state index >= 15 is 0 Å². The lowest BCUT2D eigenvalue weighted by molar-refractivity contribution is 1.18. The van der Waals surface area contributed by atoms with E-state index in [4.69, 9.17) is 0 Å². The van der Waals surface area contributed by atoms with E-state index in [1.807, 2.05) is 12.3 Å². The highest BCUT2D eigenvalue weighted by Gasteiger charge is 1.78. The summed E-state index contributed by atoms with van der Waals surface area (Å²) >= 11 is 0. The molecule has 0 radical (unpaired) electrons. The number of azo groups is 1. The van der Waals surface area contributed by atoms with Gasteiger partial charge < -0.3 is 4.98 Å². The smallest absolute Gasteiger partial charge is 0.0732 e. The van der Waals surface area contributed by atoms with Crippen LogP contribution in [0.3, 0.4) is 0 Å². The quantitative estimate of drug-likeness (QED) is 0.536. The van der Waals surface area contributed by atoms with Gasteiger partial charge in [0.05, 0.1) is 11.5 Å². The minimum Gasteiger partial charge on any atom is -0.360 e. The molecule has 0 fully saturated rings. The number of aromatic nitrogens is 1. The van der Waals surface area contributed by atoms with E-state index in [0.717, 1.165) is 10.6 Å². The topological polar surface area (TPSA) is 40.5 Å². The van der Waals surface area contributed by atoms with Gasteiger partial charge in [0.2, 0.25) is 0 Å². The molecule has 0 atom stereocenters. The molecule has 1 aromatic rings. The first-order chi connectivity index (χ1) is 4.84. The minimum atomic E-state index is 0.908. The predicted molar refractivity (Wildman–Crippen MR) is 40.8 cm³/mol. The summed E-state index contributed by atoms with van der Waals surface area (Å²) in [6.45, 7) is 3.77. The van der Waals surface area contributed by atoms with Crippen molar-refractivity contribution in [2.75, 3.05) is 7.05 Å². The zero-order valence-electron chi connectivity index (χ0n) is 5.83. The summed E-state index contributed by atoms with van der Waals surface area (Å²) < 4.78 is 0. The Morgan fingerprint density at radius 1 is 1.70 bits per heavy atom. The van der Waals surface area contributed by atoms with Crippen LogP contribution >= 0.6 is 0 Å². The van der Waals surface area contributed by atoms with Crippen LogP contribution in [0.25, 0.3) is 12.8 Å². The highest BCUT2D eigenvalue weighted by atomic mass is 15.1. The number of H-pyrrole nitrogens is 1. The number of rotatable bonds is 1. The average molecular weight is 135 g/mol. The number of nitrogens with zero attached hydrogens (tertiary/aromatic N) is 2. The molecule has 0 saturated carbocycles. The van der Waals surface area contributed by atoms with E-state index in [2.05, 4.69) is 21.8 Å². The van der Waals surface area contributed by atoms with Crippen LogP contribution in [-0.2, 0) is 0 Å². The molecule has 0 bridgehead atoms. The average Bonchev–Trinajstić information content (AvgIpc) is 2.31. The number of aromatic amines is 1. The molecule has 0 aliphatic rings. The van der Waals surface area contributed by atoms with Crippen molar-refractivity contribution in [3.8, 4) is 0 Å². The summed E-state index contributed by atoms with van der Waals surface area (Å²) in [5, 5.41) is 9.12. The van der Waals surface area contributed by atoms with E-state index in [-0.39, 0.29) is 0 Å². The van der Waals surface area contributed by atoms with Gasteiger partial charge in [-0.15, -0.1) is 0 Å². The normalized spacial score (nSPS) is 13.1. The summed E-state index contributed by atoms with van der Waals surface area (Å²) in [5.74, 6) is 0. The van der Waals surface area contributed by atoms with E-state index in [1.54, 1.807) is 13.2 Å². The fourth-order valence-corrected chi connectivity index (χ4v) is 0.650. The van der Waals surface area contributed by atoms with Crippen LogP contribution in [0.4, 0.5) is 0 Å². The van der Waals surface area contributed by atoms with Crippen molar-refractivity contribution in [1.29, 1.82) is 0 Å². The SMILES string of the molecule is C=c1cc[nH]/c1=C/N=N\C. The van der Waals surface area contributed by atoms with Gasteiger partial charge >= 0.3 is 0 Å². The first-order valence-corrected chi connectivity index (χ1v) is 2.96. The van der Waals surface area contributed by atoms with Crippen LogP contribution in [-0.4, -0.2) is 12.0 Å². The van der Waals surface area contributed by atoms with Gasteiger partial charge in [0.25, 0.3) is 0 Å². The molecule has 3 nitrogen and oxygen atoms in total. The van der Waals surface area contributed by atoms with Gasteiger partial charge in [-0.2, -0.15) is 10.2 Å². The second-order valence-electron chi connectivity index (χ2n) is 1.86. The predicted octanol–water partition coefficient (Wildman–Crippen LogP) is 0.245. The van der Waals surface area contributed by atoms with Gasteiger partial charge in [0.15, 0.2) is 0 Å². The third-order valence-corrected chi connectivity index (χ3v) is 1.17. The Morgan fingerprint density at radius 2 is 2.50 bits per heavy atom. The van der Waals surface area contributed by atoms with E-state index < -0.39 is 0 Å². The van der Waals surface area contributed by atoms with Crippen LogP contribution in [0.5, 0.6) is 0 Å². The number of hydrogen-bond acceptors (Lipinski definition) is 2. The van der Waals surface area contributed by atoms with Crippen molar-refractivity contribution in [2.24, 2.45) is 10.2 Å². The molecule has 0 aromatic carbocycles. The van der Waals surface area contributed by atoms with Crippen molar-refractivity contribution in [1.82, 2.24) is 4.98 Å². The zero-order chi connectivity index (χ0) is 7.40. The van der Waals surface area contributed by atoms with Crippen LogP contribution < -0.4 is 10.6 Å². The Hall–Kier alpha value is -1.38.